The highest BCUT2D eigenvalue weighted by atomic mass is 16.6. The summed E-state index contributed by atoms with van der Waals surface area (Å²) in [6.45, 7) is 3.52. The molecule has 2 rings (SSSR count). The summed E-state index contributed by atoms with van der Waals surface area (Å²) in [6, 6.07) is 6.03. The highest BCUT2D eigenvalue weighted by molar-refractivity contribution is 5.33. The van der Waals surface area contributed by atoms with Crippen LogP contribution in [0.25, 0.3) is 0 Å². The Labute approximate surface area is 105 Å². The van der Waals surface area contributed by atoms with Crippen LogP contribution < -0.4 is 0 Å². The number of nitro benzene ring substituents is 1. The molecular formula is C12H16N2O4. The number of hydrogen-bond donors (Lipinski definition) is 1. The molecule has 1 aliphatic rings. The fourth-order valence-corrected chi connectivity index (χ4v) is 1.95. The molecule has 1 N–H and O–H groups in total. The summed E-state index contributed by atoms with van der Waals surface area (Å²) in [5.41, 5.74) is 0.740. The van der Waals surface area contributed by atoms with Crippen LogP contribution in [0.4, 0.5) is 5.69 Å². The van der Waals surface area contributed by atoms with E-state index in [9.17, 15) is 15.2 Å². The minimum absolute atomic E-state index is 0.0392. The molecule has 1 heterocycles. The predicted molar refractivity (Wildman–Crippen MR) is 65.3 cm³/mol. The number of aliphatic hydroxyl groups excluding tert-OH is 1. The fourth-order valence-electron chi connectivity index (χ4n) is 1.95. The molecule has 0 amide bonds. The molecule has 1 atom stereocenters. The lowest BCUT2D eigenvalue weighted by Crippen LogP contribution is -2.38. The van der Waals surface area contributed by atoms with Gasteiger partial charge >= 0.3 is 0 Å². The maximum Gasteiger partial charge on any atom is 0.269 e. The third-order valence-electron chi connectivity index (χ3n) is 3.02. The van der Waals surface area contributed by atoms with Crippen LogP contribution in [0.3, 0.4) is 0 Å². The van der Waals surface area contributed by atoms with Crippen molar-refractivity contribution in [2.45, 2.75) is 6.10 Å². The minimum atomic E-state index is -0.621. The second-order valence-electron chi connectivity index (χ2n) is 4.28. The summed E-state index contributed by atoms with van der Waals surface area (Å²) >= 11 is 0. The van der Waals surface area contributed by atoms with E-state index in [1.807, 2.05) is 0 Å². The van der Waals surface area contributed by atoms with Crippen LogP contribution in [0.1, 0.15) is 11.7 Å². The monoisotopic (exact) mass is 252 g/mol. The molecule has 0 aromatic heterocycles. The van der Waals surface area contributed by atoms with Crippen molar-refractivity contribution in [3.8, 4) is 0 Å². The second kappa shape index (κ2) is 5.90. The Morgan fingerprint density at radius 2 is 1.94 bits per heavy atom. The number of benzene rings is 1. The number of non-ortho nitro benzene ring substituents is 1. The number of ether oxygens (including phenoxy) is 1. The summed E-state index contributed by atoms with van der Waals surface area (Å²) in [5.74, 6) is 0. The Hall–Kier alpha value is -1.50. The minimum Gasteiger partial charge on any atom is -0.387 e. The van der Waals surface area contributed by atoms with Gasteiger partial charge in [-0.2, -0.15) is 0 Å². The molecule has 0 radical (unpaired) electrons. The van der Waals surface area contributed by atoms with E-state index in [4.69, 9.17) is 4.74 Å². The zero-order valence-electron chi connectivity index (χ0n) is 9.99. The number of rotatable bonds is 4. The number of hydrogen-bond acceptors (Lipinski definition) is 5. The number of nitro groups is 1. The molecule has 0 saturated carbocycles. The first-order valence-electron chi connectivity index (χ1n) is 5.89. The molecule has 0 unspecified atom stereocenters. The fraction of sp³-hybridized carbons (Fsp3) is 0.500. The van der Waals surface area contributed by atoms with Gasteiger partial charge in [-0.3, -0.25) is 15.0 Å². The van der Waals surface area contributed by atoms with Crippen LogP contribution in [0.15, 0.2) is 24.3 Å². The van der Waals surface area contributed by atoms with E-state index in [1.54, 1.807) is 12.1 Å². The standard InChI is InChI=1S/C12H16N2O4/c15-12(9-13-5-7-18-8-6-13)10-1-3-11(4-2-10)14(16)17/h1-4,12,15H,5-9H2/t12-/m0/s1. The van der Waals surface area contributed by atoms with Crippen LogP contribution in [0, 0.1) is 10.1 Å². The van der Waals surface area contributed by atoms with Crippen LogP contribution in [0.5, 0.6) is 0 Å². The van der Waals surface area contributed by atoms with Crippen molar-refractivity contribution >= 4 is 5.69 Å². The van der Waals surface area contributed by atoms with E-state index in [0.717, 1.165) is 13.1 Å². The quantitative estimate of drug-likeness (QED) is 0.638. The van der Waals surface area contributed by atoms with Crippen molar-refractivity contribution in [2.24, 2.45) is 0 Å². The summed E-state index contributed by atoms with van der Waals surface area (Å²) < 4.78 is 5.23. The third kappa shape index (κ3) is 3.25. The van der Waals surface area contributed by atoms with Crippen molar-refractivity contribution in [3.05, 3.63) is 39.9 Å². The lowest BCUT2D eigenvalue weighted by molar-refractivity contribution is -0.384. The van der Waals surface area contributed by atoms with Crippen LogP contribution >= 0.6 is 0 Å². The van der Waals surface area contributed by atoms with Gasteiger partial charge in [0, 0.05) is 31.8 Å². The van der Waals surface area contributed by atoms with Gasteiger partial charge in [-0.15, -0.1) is 0 Å². The van der Waals surface area contributed by atoms with Gasteiger partial charge in [0.05, 0.1) is 24.2 Å². The van der Waals surface area contributed by atoms with Gasteiger partial charge in [-0.25, -0.2) is 0 Å². The molecule has 1 saturated heterocycles. The first-order chi connectivity index (χ1) is 8.66. The first kappa shape index (κ1) is 12.9. The SMILES string of the molecule is O=[N+]([O-])c1ccc([C@@H](O)CN2CCOCC2)cc1. The Kier molecular flexibility index (Phi) is 4.24. The van der Waals surface area contributed by atoms with Gasteiger partial charge in [0.25, 0.3) is 5.69 Å². The molecule has 1 aromatic carbocycles. The molecule has 98 valence electrons. The average Bonchev–Trinajstić information content (AvgIpc) is 2.40. The maximum absolute atomic E-state index is 10.5. The van der Waals surface area contributed by atoms with Crippen molar-refractivity contribution in [3.63, 3.8) is 0 Å². The van der Waals surface area contributed by atoms with E-state index in [1.165, 1.54) is 12.1 Å². The van der Waals surface area contributed by atoms with Gasteiger partial charge in [0.2, 0.25) is 0 Å². The zero-order valence-corrected chi connectivity index (χ0v) is 9.99. The van der Waals surface area contributed by atoms with E-state index < -0.39 is 11.0 Å². The number of β-amino-alcohol motifs (C(OH)–C–C–N with tert-alkyl or cyclic N) is 1. The molecule has 0 bridgehead atoms. The molecule has 1 aromatic rings. The molecule has 18 heavy (non-hydrogen) atoms. The van der Waals surface area contributed by atoms with Gasteiger partial charge in [0.1, 0.15) is 0 Å². The summed E-state index contributed by atoms with van der Waals surface area (Å²) in [5, 5.41) is 20.6. The lowest BCUT2D eigenvalue weighted by atomic mass is 10.1. The van der Waals surface area contributed by atoms with E-state index in [0.29, 0.717) is 25.3 Å². The van der Waals surface area contributed by atoms with Gasteiger partial charge in [0.15, 0.2) is 0 Å². The number of morpholine rings is 1. The molecule has 0 spiro atoms. The molecule has 6 heteroatoms. The topological polar surface area (TPSA) is 75.8 Å². The lowest BCUT2D eigenvalue weighted by Gasteiger charge is -2.28. The van der Waals surface area contributed by atoms with E-state index in [-0.39, 0.29) is 5.69 Å². The normalized spacial score (nSPS) is 18.5. The second-order valence-corrected chi connectivity index (χ2v) is 4.28. The predicted octanol–water partition coefficient (Wildman–Crippen LogP) is 0.960. The third-order valence-corrected chi connectivity index (χ3v) is 3.02. The highest BCUT2D eigenvalue weighted by Gasteiger charge is 2.16. The van der Waals surface area contributed by atoms with Crippen LogP contribution in [-0.4, -0.2) is 47.8 Å². The number of nitrogens with zero attached hydrogens (tertiary/aromatic N) is 2. The Morgan fingerprint density at radius 3 is 2.50 bits per heavy atom. The molecule has 1 aliphatic heterocycles. The Bertz CT molecular complexity index is 401. The largest absolute Gasteiger partial charge is 0.387 e. The maximum atomic E-state index is 10.5. The number of aliphatic hydroxyl groups is 1. The smallest absolute Gasteiger partial charge is 0.269 e. The van der Waals surface area contributed by atoms with Gasteiger partial charge in [-0.1, -0.05) is 0 Å². The Morgan fingerprint density at radius 1 is 1.33 bits per heavy atom. The van der Waals surface area contributed by atoms with Crippen molar-refractivity contribution in [1.82, 2.24) is 4.90 Å². The first-order valence-corrected chi connectivity index (χ1v) is 5.89. The van der Waals surface area contributed by atoms with Crippen molar-refractivity contribution < 1.29 is 14.8 Å². The van der Waals surface area contributed by atoms with Crippen molar-refractivity contribution in [1.29, 1.82) is 0 Å². The van der Waals surface area contributed by atoms with Gasteiger partial charge in [-0.05, 0) is 17.7 Å². The van der Waals surface area contributed by atoms with Crippen LogP contribution in [-0.2, 0) is 4.74 Å². The average molecular weight is 252 g/mol. The highest BCUT2D eigenvalue weighted by Crippen LogP contribution is 2.18. The van der Waals surface area contributed by atoms with Gasteiger partial charge < -0.3 is 9.84 Å². The summed E-state index contributed by atoms with van der Waals surface area (Å²) in [7, 11) is 0. The molecule has 1 fully saturated rings. The summed E-state index contributed by atoms with van der Waals surface area (Å²) in [4.78, 5) is 12.2. The van der Waals surface area contributed by atoms with E-state index >= 15 is 0 Å². The molecule has 6 nitrogen and oxygen atoms in total. The van der Waals surface area contributed by atoms with Crippen LogP contribution in [0.2, 0.25) is 0 Å². The summed E-state index contributed by atoms with van der Waals surface area (Å²) in [6.07, 6.45) is -0.621. The Balaban J connectivity index is 1.95. The molecule has 0 aliphatic carbocycles. The van der Waals surface area contributed by atoms with Crippen molar-refractivity contribution in [2.75, 3.05) is 32.8 Å². The van der Waals surface area contributed by atoms with E-state index in [2.05, 4.69) is 4.90 Å². The molecular weight excluding hydrogens is 236 g/mol. The zero-order chi connectivity index (χ0) is 13.0.